The lowest BCUT2D eigenvalue weighted by Crippen LogP contribution is -2.53. The molecule has 24 heavy (non-hydrogen) atoms. The predicted octanol–water partition coefficient (Wildman–Crippen LogP) is 3.14. The van der Waals surface area contributed by atoms with Gasteiger partial charge in [-0.2, -0.15) is 0 Å². The molecule has 0 unspecified atom stereocenters. The number of carbonyl (C=O) groups excluding carboxylic acids is 1. The van der Waals surface area contributed by atoms with Crippen LogP contribution in [0.3, 0.4) is 0 Å². The first-order valence-electron chi connectivity index (χ1n) is 8.52. The van der Waals surface area contributed by atoms with Crippen LogP contribution in [0.15, 0.2) is 54.6 Å². The molecule has 0 spiro atoms. The minimum Gasteiger partial charge on any atom is -0.366 e. The lowest BCUT2D eigenvalue weighted by Gasteiger charge is -2.41. The molecular weight excluding hydrogens is 298 g/mol. The molecule has 1 aliphatic rings. The summed E-state index contributed by atoms with van der Waals surface area (Å²) < 4.78 is 0. The van der Waals surface area contributed by atoms with Crippen LogP contribution in [-0.2, 0) is 4.79 Å². The summed E-state index contributed by atoms with van der Waals surface area (Å²) in [6.07, 6.45) is 0. The SMILES string of the molecule is Cc1ccc(N2CCN(CC(=O)Nc3ccccc3)C[C@@H]2C)cc1. The highest BCUT2D eigenvalue weighted by Gasteiger charge is 2.25. The van der Waals surface area contributed by atoms with E-state index in [9.17, 15) is 4.79 Å². The first-order chi connectivity index (χ1) is 11.6. The summed E-state index contributed by atoms with van der Waals surface area (Å²) in [6.45, 7) is 7.53. The number of para-hydroxylation sites is 1. The number of aryl methyl sites for hydroxylation is 1. The van der Waals surface area contributed by atoms with Gasteiger partial charge in [0.1, 0.15) is 0 Å². The Morgan fingerprint density at radius 3 is 2.46 bits per heavy atom. The van der Waals surface area contributed by atoms with Crippen molar-refractivity contribution in [3.05, 3.63) is 60.2 Å². The molecule has 1 saturated heterocycles. The van der Waals surface area contributed by atoms with E-state index in [0.717, 1.165) is 25.3 Å². The quantitative estimate of drug-likeness (QED) is 0.939. The summed E-state index contributed by atoms with van der Waals surface area (Å²) in [5.74, 6) is 0.0529. The molecule has 1 atom stereocenters. The lowest BCUT2D eigenvalue weighted by atomic mass is 10.1. The molecule has 2 aromatic rings. The molecule has 126 valence electrons. The van der Waals surface area contributed by atoms with Crippen molar-refractivity contribution in [3.63, 3.8) is 0 Å². The Balaban J connectivity index is 1.53. The molecular formula is C20H25N3O. The molecule has 0 saturated carbocycles. The smallest absolute Gasteiger partial charge is 0.238 e. The maximum Gasteiger partial charge on any atom is 0.238 e. The minimum atomic E-state index is 0.0529. The minimum absolute atomic E-state index is 0.0529. The van der Waals surface area contributed by atoms with Crippen molar-refractivity contribution in [2.75, 3.05) is 36.4 Å². The zero-order valence-corrected chi connectivity index (χ0v) is 14.4. The van der Waals surface area contributed by atoms with Gasteiger partial charge in [0.25, 0.3) is 0 Å². The molecule has 1 N–H and O–H groups in total. The number of carbonyl (C=O) groups is 1. The van der Waals surface area contributed by atoms with Crippen molar-refractivity contribution < 1.29 is 4.79 Å². The second-order valence-electron chi connectivity index (χ2n) is 6.53. The third-order valence-corrected chi connectivity index (χ3v) is 4.50. The van der Waals surface area contributed by atoms with Crippen LogP contribution in [0.4, 0.5) is 11.4 Å². The maximum atomic E-state index is 12.2. The molecule has 4 heteroatoms. The van der Waals surface area contributed by atoms with Gasteiger partial charge in [0.05, 0.1) is 6.54 Å². The van der Waals surface area contributed by atoms with E-state index < -0.39 is 0 Å². The van der Waals surface area contributed by atoms with E-state index >= 15 is 0 Å². The highest BCUT2D eigenvalue weighted by Crippen LogP contribution is 2.21. The van der Waals surface area contributed by atoms with Crippen LogP contribution in [0.5, 0.6) is 0 Å². The normalized spacial score (nSPS) is 18.4. The number of piperazine rings is 1. The van der Waals surface area contributed by atoms with Crippen LogP contribution >= 0.6 is 0 Å². The fraction of sp³-hybridized carbons (Fsp3) is 0.350. The Hall–Kier alpha value is -2.33. The highest BCUT2D eigenvalue weighted by molar-refractivity contribution is 5.92. The fourth-order valence-corrected chi connectivity index (χ4v) is 3.22. The van der Waals surface area contributed by atoms with Gasteiger partial charge >= 0.3 is 0 Å². The van der Waals surface area contributed by atoms with Crippen LogP contribution in [0.2, 0.25) is 0 Å². The molecule has 1 amide bonds. The second-order valence-corrected chi connectivity index (χ2v) is 6.53. The van der Waals surface area contributed by atoms with Gasteiger partial charge in [0.2, 0.25) is 5.91 Å². The van der Waals surface area contributed by atoms with E-state index in [4.69, 9.17) is 0 Å². The van der Waals surface area contributed by atoms with E-state index in [2.05, 4.69) is 53.2 Å². The summed E-state index contributed by atoms with van der Waals surface area (Å²) >= 11 is 0. The van der Waals surface area contributed by atoms with Gasteiger partial charge in [-0.15, -0.1) is 0 Å². The summed E-state index contributed by atoms with van der Waals surface area (Å²) in [6, 6.07) is 18.7. The molecule has 1 fully saturated rings. The standard InChI is InChI=1S/C20H25N3O/c1-16-8-10-19(11-9-16)23-13-12-22(14-17(23)2)15-20(24)21-18-6-4-3-5-7-18/h3-11,17H,12-15H2,1-2H3,(H,21,24)/t17-/m0/s1. The fourth-order valence-electron chi connectivity index (χ4n) is 3.22. The van der Waals surface area contributed by atoms with Crippen molar-refractivity contribution in [1.82, 2.24) is 4.90 Å². The van der Waals surface area contributed by atoms with E-state index in [-0.39, 0.29) is 5.91 Å². The van der Waals surface area contributed by atoms with Crippen LogP contribution in [0.25, 0.3) is 0 Å². The summed E-state index contributed by atoms with van der Waals surface area (Å²) in [5.41, 5.74) is 3.40. The molecule has 1 heterocycles. The van der Waals surface area contributed by atoms with Crippen molar-refractivity contribution >= 4 is 17.3 Å². The molecule has 1 aliphatic heterocycles. The number of hydrogen-bond donors (Lipinski definition) is 1. The van der Waals surface area contributed by atoms with E-state index in [1.165, 1.54) is 11.3 Å². The molecule has 3 rings (SSSR count). The third kappa shape index (κ3) is 4.15. The van der Waals surface area contributed by atoms with Crippen LogP contribution < -0.4 is 10.2 Å². The zero-order valence-electron chi connectivity index (χ0n) is 14.4. The van der Waals surface area contributed by atoms with E-state index in [1.54, 1.807) is 0 Å². The Morgan fingerprint density at radius 1 is 1.08 bits per heavy atom. The van der Waals surface area contributed by atoms with Gasteiger partial charge in [0.15, 0.2) is 0 Å². The Labute approximate surface area is 144 Å². The molecule has 4 nitrogen and oxygen atoms in total. The highest BCUT2D eigenvalue weighted by atomic mass is 16.2. The zero-order chi connectivity index (χ0) is 16.9. The first-order valence-corrected chi connectivity index (χ1v) is 8.52. The van der Waals surface area contributed by atoms with Gasteiger partial charge < -0.3 is 10.2 Å². The Bertz CT molecular complexity index is 669. The van der Waals surface area contributed by atoms with Gasteiger partial charge in [-0.3, -0.25) is 9.69 Å². The topological polar surface area (TPSA) is 35.6 Å². The average Bonchev–Trinajstić information content (AvgIpc) is 2.57. The molecule has 0 aromatic heterocycles. The van der Waals surface area contributed by atoms with Crippen molar-refractivity contribution in [2.24, 2.45) is 0 Å². The number of hydrogen-bond acceptors (Lipinski definition) is 3. The van der Waals surface area contributed by atoms with Crippen LogP contribution in [0, 0.1) is 6.92 Å². The van der Waals surface area contributed by atoms with Crippen molar-refractivity contribution in [3.8, 4) is 0 Å². The Morgan fingerprint density at radius 2 is 1.79 bits per heavy atom. The number of benzene rings is 2. The second kappa shape index (κ2) is 7.49. The number of amides is 1. The number of nitrogens with one attached hydrogen (secondary N) is 1. The maximum absolute atomic E-state index is 12.2. The van der Waals surface area contributed by atoms with Crippen LogP contribution in [0.1, 0.15) is 12.5 Å². The lowest BCUT2D eigenvalue weighted by molar-refractivity contribution is -0.117. The molecule has 0 aliphatic carbocycles. The summed E-state index contributed by atoms with van der Waals surface area (Å²) in [7, 11) is 0. The molecule has 0 bridgehead atoms. The monoisotopic (exact) mass is 323 g/mol. The van der Waals surface area contributed by atoms with E-state index in [0.29, 0.717) is 12.6 Å². The van der Waals surface area contributed by atoms with Crippen molar-refractivity contribution in [2.45, 2.75) is 19.9 Å². The predicted molar refractivity (Wildman–Crippen MR) is 99.5 cm³/mol. The Kier molecular flexibility index (Phi) is 5.16. The van der Waals surface area contributed by atoms with Crippen molar-refractivity contribution in [1.29, 1.82) is 0 Å². The van der Waals surface area contributed by atoms with Gasteiger partial charge in [-0.1, -0.05) is 35.9 Å². The third-order valence-electron chi connectivity index (χ3n) is 4.50. The first kappa shape index (κ1) is 16.5. The largest absolute Gasteiger partial charge is 0.366 e. The van der Waals surface area contributed by atoms with Gasteiger partial charge in [-0.25, -0.2) is 0 Å². The molecule has 2 aromatic carbocycles. The number of rotatable bonds is 4. The average molecular weight is 323 g/mol. The number of anilines is 2. The molecule has 0 radical (unpaired) electrons. The van der Waals surface area contributed by atoms with Gasteiger partial charge in [0, 0.05) is 37.1 Å². The number of nitrogens with zero attached hydrogens (tertiary/aromatic N) is 2. The summed E-state index contributed by atoms with van der Waals surface area (Å²) in [5, 5.41) is 2.96. The summed E-state index contributed by atoms with van der Waals surface area (Å²) in [4.78, 5) is 16.9. The van der Waals surface area contributed by atoms with Crippen LogP contribution in [-0.4, -0.2) is 43.0 Å². The van der Waals surface area contributed by atoms with E-state index in [1.807, 2.05) is 30.3 Å². The van der Waals surface area contributed by atoms with Gasteiger partial charge in [-0.05, 0) is 38.1 Å².